The molecule has 1 fully saturated rings. The van der Waals surface area contributed by atoms with E-state index in [4.69, 9.17) is 11.6 Å². The van der Waals surface area contributed by atoms with E-state index in [-0.39, 0.29) is 18.2 Å². The van der Waals surface area contributed by atoms with Gasteiger partial charge in [0.05, 0.1) is 5.92 Å². The predicted octanol–water partition coefficient (Wildman–Crippen LogP) is 2.54. The van der Waals surface area contributed by atoms with Crippen LogP contribution in [0.1, 0.15) is 26.2 Å². The van der Waals surface area contributed by atoms with Gasteiger partial charge >= 0.3 is 0 Å². The average Bonchev–Trinajstić information content (AvgIpc) is 2.82. The van der Waals surface area contributed by atoms with Crippen molar-refractivity contribution in [1.29, 1.82) is 0 Å². The molecule has 1 N–H and O–H groups in total. The maximum Gasteiger partial charge on any atom is 0.227 e. The molecule has 6 heteroatoms. The van der Waals surface area contributed by atoms with E-state index >= 15 is 0 Å². The van der Waals surface area contributed by atoms with E-state index < -0.39 is 11.2 Å². The molecular weight excluding hydrogens is 292 g/mol. The highest BCUT2D eigenvalue weighted by Crippen LogP contribution is 2.27. The molecule has 1 aromatic rings. The van der Waals surface area contributed by atoms with Crippen molar-refractivity contribution in [3.05, 3.63) is 24.3 Å². The fraction of sp³-hybridized carbons (Fsp3) is 0.400. The van der Waals surface area contributed by atoms with Gasteiger partial charge in [-0.25, -0.2) is 0 Å². The fourth-order valence-corrected chi connectivity index (χ4v) is 2.43. The van der Waals surface area contributed by atoms with Crippen LogP contribution in [0.2, 0.25) is 0 Å². The third-order valence-electron chi connectivity index (χ3n) is 3.39. The van der Waals surface area contributed by atoms with Gasteiger partial charge in [-0.15, -0.1) is 0 Å². The molecule has 0 saturated carbocycles. The number of hydrogen-bond acceptors (Lipinski definition) is 3. The summed E-state index contributed by atoms with van der Waals surface area (Å²) < 4.78 is 0. The van der Waals surface area contributed by atoms with Crippen LogP contribution in [-0.4, -0.2) is 23.6 Å². The summed E-state index contributed by atoms with van der Waals surface area (Å²) in [7, 11) is 0. The number of nitrogens with zero attached hydrogens (tertiary/aromatic N) is 1. The Labute approximate surface area is 128 Å². The largest absolute Gasteiger partial charge is 0.326 e. The first-order valence-electron chi connectivity index (χ1n) is 6.91. The smallest absolute Gasteiger partial charge is 0.227 e. The molecule has 1 aliphatic rings. The second kappa shape index (κ2) is 6.72. The molecule has 21 heavy (non-hydrogen) atoms. The summed E-state index contributed by atoms with van der Waals surface area (Å²) in [6, 6.07) is 6.99. The summed E-state index contributed by atoms with van der Waals surface area (Å²) in [5.41, 5.74) is 1.39. The quantitative estimate of drug-likeness (QED) is 0.850. The molecule has 0 spiro atoms. The van der Waals surface area contributed by atoms with Crippen LogP contribution in [0, 0.1) is 5.92 Å². The summed E-state index contributed by atoms with van der Waals surface area (Å²) in [6.07, 6.45) is 1.42. The van der Waals surface area contributed by atoms with E-state index in [2.05, 4.69) is 5.32 Å². The second-order valence-corrected chi connectivity index (χ2v) is 5.43. The Bertz CT molecular complexity index is 557. The SMILES string of the molecule is CCCC(=O)Nc1ccc(N2CC(C(=O)Cl)CC2=O)cc1. The average molecular weight is 309 g/mol. The van der Waals surface area contributed by atoms with Crippen molar-refractivity contribution in [2.75, 3.05) is 16.8 Å². The molecule has 2 rings (SSSR count). The van der Waals surface area contributed by atoms with Gasteiger partial charge in [0.2, 0.25) is 17.1 Å². The number of rotatable bonds is 5. The van der Waals surface area contributed by atoms with Gasteiger partial charge in [-0.1, -0.05) is 6.92 Å². The molecule has 0 bridgehead atoms. The van der Waals surface area contributed by atoms with Crippen molar-refractivity contribution in [2.24, 2.45) is 5.92 Å². The van der Waals surface area contributed by atoms with Crippen LogP contribution < -0.4 is 10.2 Å². The number of amides is 2. The number of benzene rings is 1. The minimum absolute atomic E-state index is 0.0321. The molecule has 1 heterocycles. The van der Waals surface area contributed by atoms with E-state index in [1.54, 1.807) is 29.2 Å². The van der Waals surface area contributed by atoms with Crippen LogP contribution in [0.5, 0.6) is 0 Å². The predicted molar refractivity (Wildman–Crippen MR) is 81.3 cm³/mol. The molecule has 112 valence electrons. The standard InChI is InChI=1S/C15H17ClN2O3/c1-2-3-13(19)17-11-4-6-12(7-5-11)18-9-10(15(16)21)8-14(18)20/h4-7,10H,2-3,8-9H2,1H3,(H,17,19). The Kier molecular flexibility index (Phi) is 4.96. The van der Waals surface area contributed by atoms with E-state index in [9.17, 15) is 14.4 Å². The third kappa shape index (κ3) is 3.82. The van der Waals surface area contributed by atoms with Gasteiger partial charge in [-0.2, -0.15) is 0 Å². The zero-order valence-electron chi connectivity index (χ0n) is 11.8. The van der Waals surface area contributed by atoms with Gasteiger partial charge in [0.25, 0.3) is 0 Å². The van der Waals surface area contributed by atoms with E-state index in [1.165, 1.54) is 0 Å². The maximum atomic E-state index is 11.9. The Morgan fingerprint density at radius 3 is 2.52 bits per heavy atom. The zero-order chi connectivity index (χ0) is 15.4. The van der Waals surface area contributed by atoms with Crippen LogP contribution in [-0.2, 0) is 14.4 Å². The van der Waals surface area contributed by atoms with Gasteiger partial charge < -0.3 is 10.2 Å². The van der Waals surface area contributed by atoms with Crippen molar-refractivity contribution < 1.29 is 14.4 Å². The summed E-state index contributed by atoms with van der Waals surface area (Å²) in [4.78, 5) is 36.1. The monoisotopic (exact) mass is 308 g/mol. The van der Waals surface area contributed by atoms with Crippen molar-refractivity contribution in [3.8, 4) is 0 Å². The van der Waals surface area contributed by atoms with Crippen LogP contribution in [0.3, 0.4) is 0 Å². The highest BCUT2D eigenvalue weighted by molar-refractivity contribution is 6.64. The molecular formula is C15H17ClN2O3. The number of hydrogen-bond donors (Lipinski definition) is 1. The normalized spacial score (nSPS) is 17.9. The third-order valence-corrected chi connectivity index (χ3v) is 3.69. The van der Waals surface area contributed by atoms with Crippen molar-refractivity contribution in [2.45, 2.75) is 26.2 Å². The molecule has 0 radical (unpaired) electrons. The van der Waals surface area contributed by atoms with Gasteiger partial charge in [0, 0.05) is 30.8 Å². The number of halogens is 1. The highest BCUT2D eigenvalue weighted by atomic mass is 35.5. The molecule has 5 nitrogen and oxygen atoms in total. The number of carbonyl (C=O) groups is 3. The van der Waals surface area contributed by atoms with Gasteiger partial charge in [0.15, 0.2) is 0 Å². The lowest BCUT2D eigenvalue weighted by molar-refractivity contribution is -0.120. The van der Waals surface area contributed by atoms with Crippen LogP contribution in [0.25, 0.3) is 0 Å². The Morgan fingerprint density at radius 2 is 2.00 bits per heavy atom. The minimum atomic E-state index is -0.478. The maximum absolute atomic E-state index is 11.9. The van der Waals surface area contributed by atoms with Gasteiger partial charge in [0.1, 0.15) is 0 Å². The lowest BCUT2D eigenvalue weighted by Crippen LogP contribution is -2.25. The van der Waals surface area contributed by atoms with Crippen molar-refractivity contribution in [3.63, 3.8) is 0 Å². The topological polar surface area (TPSA) is 66.5 Å². The molecule has 0 aliphatic carbocycles. The molecule has 1 atom stereocenters. The van der Waals surface area contributed by atoms with Gasteiger partial charge in [-0.3, -0.25) is 14.4 Å². The fourth-order valence-electron chi connectivity index (χ4n) is 2.28. The Hall–Kier alpha value is -1.88. The summed E-state index contributed by atoms with van der Waals surface area (Å²) in [5, 5.41) is 2.30. The Morgan fingerprint density at radius 1 is 1.33 bits per heavy atom. The number of nitrogens with one attached hydrogen (secondary N) is 1. The van der Waals surface area contributed by atoms with Crippen molar-refractivity contribution >= 4 is 40.0 Å². The van der Waals surface area contributed by atoms with Crippen LogP contribution >= 0.6 is 11.6 Å². The summed E-state index contributed by atoms with van der Waals surface area (Å²) >= 11 is 5.45. The molecule has 0 aromatic heterocycles. The minimum Gasteiger partial charge on any atom is -0.326 e. The van der Waals surface area contributed by atoms with Crippen LogP contribution in [0.4, 0.5) is 11.4 Å². The number of carbonyl (C=O) groups excluding carboxylic acids is 3. The van der Waals surface area contributed by atoms with E-state index in [0.29, 0.717) is 24.3 Å². The summed E-state index contributed by atoms with van der Waals surface area (Å²) in [6.45, 7) is 2.25. The lowest BCUT2D eigenvalue weighted by atomic mass is 10.1. The van der Waals surface area contributed by atoms with E-state index in [1.807, 2.05) is 6.92 Å². The first kappa shape index (κ1) is 15.5. The lowest BCUT2D eigenvalue weighted by Gasteiger charge is -2.16. The van der Waals surface area contributed by atoms with Crippen LogP contribution in [0.15, 0.2) is 24.3 Å². The van der Waals surface area contributed by atoms with E-state index in [0.717, 1.165) is 6.42 Å². The van der Waals surface area contributed by atoms with Gasteiger partial charge in [-0.05, 0) is 42.3 Å². The summed E-state index contributed by atoms with van der Waals surface area (Å²) in [5.74, 6) is -0.588. The molecule has 1 saturated heterocycles. The second-order valence-electron chi connectivity index (χ2n) is 5.05. The first-order valence-corrected chi connectivity index (χ1v) is 7.28. The zero-order valence-corrected chi connectivity index (χ0v) is 12.5. The first-order chi connectivity index (χ1) is 10.0. The Balaban J connectivity index is 2.04. The van der Waals surface area contributed by atoms with Crippen molar-refractivity contribution in [1.82, 2.24) is 0 Å². The molecule has 1 unspecified atom stereocenters. The molecule has 2 amide bonds. The number of anilines is 2. The highest BCUT2D eigenvalue weighted by Gasteiger charge is 2.34. The molecule has 1 aromatic carbocycles. The molecule has 1 aliphatic heterocycles.